The molecule has 1 saturated heterocycles. The van der Waals surface area contributed by atoms with Crippen molar-refractivity contribution in [3.63, 3.8) is 0 Å². The molecule has 1 N–H and O–H groups in total. The van der Waals surface area contributed by atoms with Crippen LogP contribution in [0.15, 0.2) is 60.8 Å². The Balaban J connectivity index is 1.35. The monoisotopic (exact) mass is 515 g/mol. The Morgan fingerprint density at radius 3 is 2.53 bits per heavy atom. The summed E-state index contributed by atoms with van der Waals surface area (Å²) < 4.78 is 13.0. The molecule has 0 atom stereocenters. The van der Waals surface area contributed by atoms with Crippen LogP contribution in [0.2, 0.25) is 0 Å². The van der Waals surface area contributed by atoms with Crippen molar-refractivity contribution in [3.8, 4) is 22.8 Å². The van der Waals surface area contributed by atoms with Crippen LogP contribution in [0.1, 0.15) is 0 Å². The number of likely N-dealkylation sites (N-methyl/N-ethyl adjacent to an activating group) is 2. The maximum atomic E-state index is 12.9. The van der Waals surface area contributed by atoms with E-state index in [9.17, 15) is 4.79 Å². The lowest BCUT2D eigenvalue weighted by Crippen LogP contribution is -2.48. The number of para-hydroxylation sites is 1. The van der Waals surface area contributed by atoms with Crippen LogP contribution < -0.4 is 19.7 Å². The van der Waals surface area contributed by atoms with E-state index >= 15 is 0 Å². The average Bonchev–Trinajstić information content (AvgIpc) is 3.37. The van der Waals surface area contributed by atoms with E-state index in [1.54, 1.807) is 32.4 Å². The van der Waals surface area contributed by atoms with Crippen molar-refractivity contribution in [1.29, 1.82) is 0 Å². The van der Waals surface area contributed by atoms with Gasteiger partial charge in [-0.3, -0.25) is 9.69 Å². The molecule has 0 saturated carbocycles. The summed E-state index contributed by atoms with van der Waals surface area (Å²) in [7, 11) is 7.16. The molecule has 10 nitrogen and oxygen atoms in total. The third-order valence-corrected chi connectivity index (χ3v) is 6.93. The fraction of sp³-hybridized carbons (Fsp3) is 0.321. The van der Waals surface area contributed by atoms with E-state index in [0.717, 1.165) is 54.4 Å². The predicted molar refractivity (Wildman–Crippen MR) is 149 cm³/mol. The molecule has 1 fully saturated rings. The summed E-state index contributed by atoms with van der Waals surface area (Å²) in [6.07, 6.45) is 1.76. The van der Waals surface area contributed by atoms with E-state index in [2.05, 4.69) is 27.1 Å². The smallest absolute Gasteiger partial charge is 0.245 e. The fourth-order valence-corrected chi connectivity index (χ4v) is 4.58. The van der Waals surface area contributed by atoms with Crippen LogP contribution in [0.3, 0.4) is 0 Å². The van der Waals surface area contributed by atoms with Crippen molar-refractivity contribution in [2.24, 2.45) is 0 Å². The van der Waals surface area contributed by atoms with Gasteiger partial charge in [0.25, 0.3) is 0 Å². The van der Waals surface area contributed by atoms with Crippen molar-refractivity contribution < 1.29 is 14.3 Å². The molecule has 2 aromatic heterocycles. The first kappa shape index (κ1) is 25.5. The summed E-state index contributed by atoms with van der Waals surface area (Å²) in [5.41, 5.74) is 4.14. The topological polar surface area (TPSA) is 87.5 Å². The Hall–Kier alpha value is -4.15. The summed E-state index contributed by atoms with van der Waals surface area (Å²) in [4.78, 5) is 23.6. The SMILES string of the molecule is COc1cc(N(C)C(=O)CN2CCN(C)CC2)ccc1Nc1ncc2ccc(-c3ccccc3OC)n2n1. The second-order valence-electron chi connectivity index (χ2n) is 9.38. The van der Waals surface area contributed by atoms with E-state index < -0.39 is 0 Å². The number of rotatable bonds is 8. The number of hydrogen-bond acceptors (Lipinski definition) is 8. The molecule has 0 radical (unpaired) electrons. The quantitative estimate of drug-likeness (QED) is 0.382. The number of methoxy groups -OCH3 is 2. The highest BCUT2D eigenvalue weighted by atomic mass is 16.5. The number of carbonyl (C=O) groups is 1. The second kappa shape index (κ2) is 11.1. The lowest BCUT2D eigenvalue weighted by Gasteiger charge is -2.32. The van der Waals surface area contributed by atoms with Crippen LogP contribution >= 0.6 is 0 Å². The van der Waals surface area contributed by atoms with Gasteiger partial charge in [0.05, 0.1) is 43.9 Å². The van der Waals surface area contributed by atoms with Gasteiger partial charge in [-0.2, -0.15) is 0 Å². The average molecular weight is 516 g/mol. The van der Waals surface area contributed by atoms with E-state index in [1.165, 1.54) is 0 Å². The van der Waals surface area contributed by atoms with Crippen molar-refractivity contribution in [3.05, 3.63) is 60.8 Å². The van der Waals surface area contributed by atoms with E-state index in [-0.39, 0.29) is 5.91 Å². The summed E-state index contributed by atoms with van der Waals surface area (Å²) >= 11 is 0. The largest absolute Gasteiger partial charge is 0.496 e. The molecular formula is C28H33N7O3. The standard InChI is InChI=1S/C28H33N7O3/c1-32-13-15-34(16-14-32)19-27(36)33(2)20-9-11-23(26(17-20)38-4)30-28-29-18-21-10-12-24(35(21)31-28)22-7-5-6-8-25(22)37-3/h5-12,17-18H,13-16,19H2,1-4H3,(H,30,31). The van der Waals surface area contributed by atoms with Gasteiger partial charge in [-0.25, -0.2) is 9.50 Å². The number of piperazine rings is 1. The van der Waals surface area contributed by atoms with Crippen LogP contribution in [0.25, 0.3) is 16.8 Å². The molecule has 1 aliphatic heterocycles. The van der Waals surface area contributed by atoms with Crippen LogP contribution in [-0.2, 0) is 4.79 Å². The molecular weight excluding hydrogens is 482 g/mol. The van der Waals surface area contributed by atoms with E-state index in [1.807, 2.05) is 59.1 Å². The van der Waals surface area contributed by atoms with Gasteiger partial charge < -0.3 is 24.6 Å². The maximum absolute atomic E-state index is 12.9. The van der Waals surface area contributed by atoms with Gasteiger partial charge >= 0.3 is 0 Å². The first-order valence-corrected chi connectivity index (χ1v) is 12.6. The van der Waals surface area contributed by atoms with Crippen LogP contribution in [0, 0.1) is 0 Å². The van der Waals surface area contributed by atoms with Gasteiger partial charge in [-0.1, -0.05) is 12.1 Å². The van der Waals surface area contributed by atoms with Crippen LogP contribution in [-0.4, -0.2) is 91.3 Å². The molecule has 10 heteroatoms. The van der Waals surface area contributed by atoms with Gasteiger partial charge in [0.1, 0.15) is 11.5 Å². The zero-order chi connectivity index (χ0) is 26.6. The number of hydrogen-bond donors (Lipinski definition) is 1. The first-order valence-electron chi connectivity index (χ1n) is 12.6. The van der Waals surface area contributed by atoms with Crippen molar-refractivity contribution in [1.82, 2.24) is 24.4 Å². The molecule has 5 rings (SSSR count). The number of anilines is 3. The molecule has 1 aliphatic rings. The summed E-state index contributed by atoms with van der Waals surface area (Å²) in [6, 6.07) is 17.4. The maximum Gasteiger partial charge on any atom is 0.245 e. The number of carbonyl (C=O) groups excluding carboxylic acids is 1. The molecule has 4 aromatic rings. The predicted octanol–water partition coefficient (Wildman–Crippen LogP) is 3.37. The molecule has 1 amide bonds. The third kappa shape index (κ3) is 5.27. The van der Waals surface area contributed by atoms with Gasteiger partial charge in [0, 0.05) is 50.5 Å². The second-order valence-corrected chi connectivity index (χ2v) is 9.38. The minimum absolute atomic E-state index is 0.0441. The van der Waals surface area contributed by atoms with E-state index in [0.29, 0.717) is 23.9 Å². The Bertz CT molecular complexity index is 1430. The van der Waals surface area contributed by atoms with Crippen molar-refractivity contribution in [2.45, 2.75) is 0 Å². The van der Waals surface area contributed by atoms with Gasteiger partial charge in [0.2, 0.25) is 11.9 Å². The summed E-state index contributed by atoms with van der Waals surface area (Å²) in [5.74, 6) is 1.81. The normalized spacial score (nSPS) is 14.4. The first-order chi connectivity index (χ1) is 18.5. The fourth-order valence-electron chi connectivity index (χ4n) is 4.58. The highest BCUT2D eigenvalue weighted by Gasteiger charge is 2.20. The number of amides is 1. The molecule has 0 bridgehead atoms. The molecule has 2 aromatic carbocycles. The number of benzene rings is 2. The van der Waals surface area contributed by atoms with Crippen LogP contribution in [0.4, 0.5) is 17.3 Å². The third-order valence-electron chi connectivity index (χ3n) is 6.93. The molecule has 0 unspecified atom stereocenters. The zero-order valence-electron chi connectivity index (χ0n) is 22.2. The lowest BCUT2D eigenvalue weighted by molar-refractivity contribution is -0.119. The van der Waals surface area contributed by atoms with Crippen molar-refractivity contribution >= 4 is 28.7 Å². The van der Waals surface area contributed by atoms with Gasteiger partial charge in [-0.05, 0) is 43.4 Å². The van der Waals surface area contributed by atoms with Crippen molar-refractivity contribution in [2.75, 3.05) is 71.3 Å². The number of nitrogens with one attached hydrogen (secondary N) is 1. The van der Waals surface area contributed by atoms with E-state index in [4.69, 9.17) is 14.6 Å². The molecule has 0 spiro atoms. The summed E-state index contributed by atoms with van der Waals surface area (Å²) in [5, 5.41) is 7.99. The summed E-state index contributed by atoms with van der Waals surface area (Å²) in [6.45, 7) is 4.14. The minimum Gasteiger partial charge on any atom is -0.496 e. The number of nitrogens with zero attached hydrogens (tertiary/aromatic N) is 6. The van der Waals surface area contributed by atoms with Crippen LogP contribution in [0.5, 0.6) is 11.5 Å². The Kier molecular flexibility index (Phi) is 7.43. The zero-order valence-corrected chi connectivity index (χ0v) is 22.2. The molecule has 3 heterocycles. The number of aromatic nitrogens is 3. The molecule has 38 heavy (non-hydrogen) atoms. The lowest BCUT2D eigenvalue weighted by atomic mass is 10.1. The molecule has 198 valence electrons. The van der Waals surface area contributed by atoms with Gasteiger partial charge in [0.15, 0.2) is 0 Å². The highest BCUT2D eigenvalue weighted by Crippen LogP contribution is 2.33. The Labute approximate surface area is 222 Å². The highest BCUT2D eigenvalue weighted by molar-refractivity contribution is 5.95. The minimum atomic E-state index is 0.0441. The van der Waals surface area contributed by atoms with Gasteiger partial charge in [-0.15, -0.1) is 5.10 Å². The number of fused-ring (bicyclic) bond motifs is 1. The Morgan fingerprint density at radius 1 is 1.00 bits per heavy atom. The number of ether oxygens (including phenoxy) is 2. The molecule has 0 aliphatic carbocycles. The Morgan fingerprint density at radius 2 is 1.76 bits per heavy atom.